The summed E-state index contributed by atoms with van der Waals surface area (Å²) in [6, 6.07) is 0. The van der Waals surface area contributed by atoms with Crippen LogP contribution in [0.25, 0.3) is 0 Å². The lowest BCUT2D eigenvalue weighted by molar-refractivity contribution is 0.0421. The molecular formula is C10H18Br4O. The van der Waals surface area contributed by atoms with E-state index in [1.807, 2.05) is 6.92 Å². The van der Waals surface area contributed by atoms with Crippen molar-refractivity contribution in [3.8, 4) is 0 Å². The topological polar surface area (TPSA) is 9.23 Å². The first kappa shape index (κ1) is 16.9. The molecule has 0 heterocycles. The van der Waals surface area contributed by atoms with E-state index in [1.54, 1.807) is 0 Å². The van der Waals surface area contributed by atoms with Crippen LogP contribution in [0, 0.1) is 0 Å². The minimum Gasteiger partial charge on any atom is -0.361 e. The lowest BCUT2D eigenvalue weighted by Crippen LogP contribution is -2.38. The lowest BCUT2D eigenvalue weighted by Gasteiger charge is -2.35. The molecule has 0 aromatic rings. The molecule has 0 amide bonds. The molecule has 0 aliphatic rings. The lowest BCUT2D eigenvalue weighted by atomic mass is 10.1. The Morgan fingerprint density at radius 1 is 0.933 bits per heavy atom. The van der Waals surface area contributed by atoms with Crippen molar-refractivity contribution in [2.24, 2.45) is 0 Å². The third-order valence-corrected chi connectivity index (χ3v) is 6.89. The first-order valence-electron chi connectivity index (χ1n) is 5.27. The second-order valence-electron chi connectivity index (χ2n) is 3.47. The minimum absolute atomic E-state index is 0.400. The largest absolute Gasteiger partial charge is 0.361 e. The highest BCUT2D eigenvalue weighted by molar-refractivity contribution is 9.40. The van der Waals surface area contributed by atoms with Crippen LogP contribution in [0.5, 0.6) is 0 Å². The second kappa shape index (κ2) is 8.06. The molecule has 0 aromatic heterocycles. The zero-order valence-corrected chi connectivity index (χ0v) is 15.5. The Morgan fingerprint density at radius 2 is 1.53 bits per heavy atom. The Morgan fingerprint density at radius 3 is 1.93 bits per heavy atom. The molecule has 0 aromatic carbocycles. The van der Waals surface area contributed by atoms with E-state index in [1.165, 1.54) is 19.3 Å². The van der Waals surface area contributed by atoms with Crippen LogP contribution in [0.2, 0.25) is 0 Å². The van der Waals surface area contributed by atoms with Crippen LogP contribution in [-0.2, 0) is 4.74 Å². The quantitative estimate of drug-likeness (QED) is 0.329. The molecule has 0 saturated carbocycles. The van der Waals surface area contributed by atoms with Gasteiger partial charge in [-0.25, -0.2) is 0 Å². The van der Waals surface area contributed by atoms with Crippen LogP contribution in [0.1, 0.15) is 46.0 Å². The average molecular weight is 474 g/mol. The summed E-state index contributed by atoms with van der Waals surface area (Å²) in [6.45, 7) is 4.90. The maximum Gasteiger partial charge on any atom is 0.173 e. The van der Waals surface area contributed by atoms with Gasteiger partial charge in [0.1, 0.15) is 0 Å². The van der Waals surface area contributed by atoms with Gasteiger partial charge in [-0.3, -0.25) is 0 Å². The highest BCUT2D eigenvalue weighted by Crippen LogP contribution is 2.52. The van der Waals surface area contributed by atoms with Gasteiger partial charge in [-0.2, -0.15) is 0 Å². The number of ether oxygens (including phenoxy) is 1. The van der Waals surface area contributed by atoms with Gasteiger partial charge in [-0.05, 0) is 19.8 Å². The van der Waals surface area contributed by atoms with E-state index in [0.29, 0.717) is 6.61 Å². The van der Waals surface area contributed by atoms with Crippen molar-refractivity contribution in [2.45, 2.75) is 52.6 Å². The van der Waals surface area contributed by atoms with E-state index in [0.717, 1.165) is 12.8 Å². The number of hydrogen-bond donors (Lipinski definition) is 0. The van der Waals surface area contributed by atoms with Crippen LogP contribution >= 0.6 is 63.7 Å². The van der Waals surface area contributed by atoms with Crippen LogP contribution in [-0.4, -0.2) is 13.3 Å². The summed E-state index contributed by atoms with van der Waals surface area (Å²) < 4.78 is 4.94. The number of hydrogen-bond acceptors (Lipinski definition) is 1. The van der Waals surface area contributed by atoms with Gasteiger partial charge in [0.25, 0.3) is 0 Å². The van der Waals surface area contributed by atoms with Crippen molar-refractivity contribution in [3.63, 3.8) is 0 Å². The minimum atomic E-state index is -0.414. The molecule has 1 atom stereocenters. The molecule has 0 aliphatic carbocycles. The van der Waals surface area contributed by atoms with E-state index in [-0.39, 0.29) is 0 Å². The Hall–Kier alpha value is 1.88. The Bertz CT molecular complexity index is 169. The van der Waals surface area contributed by atoms with Gasteiger partial charge in [0.05, 0.1) is 0 Å². The fourth-order valence-electron chi connectivity index (χ4n) is 1.30. The predicted molar refractivity (Wildman–Crippen MR) is 81.6 cm³/mol. The van der Waals surface area contributed by atoms with Crippen LogP contribution in [0.15, 0.2) is 0 Å². The van der Waals surface area contributed by atoms with Gasteiger partial charge in [0.2, 0.25) is 0 Å². The van der Waals surface area contributed by atoms with Crippen molar-refractivity contribution in [1.29, 1.82) is 0 Å². The summed E-state index contributed by atoms with van der Waals surface area (Å²) in [4.78, 5) is 0. The monoisotopic (exact) mass is 470 g/mol. The van der Waals surface area contributed by atoms with E-state index in [9.17, 15) is 0 Å². The molecule has 92 valence electrons. The first-order chi connectivity index (χ1) is 6.87. The summed E-state index contributed by atoms with van der Waals surface area (Å²) in [7, 11) is 0. The van der Waals surface area contributed by atoms with Crippen molar-refractivity contribution in [2.75, 3.05) is 6.61 Å². The smallest absolute Gasteiger partial charge is 0.173 e. The van der Waals surface area contributed by atoms with Gasteiger partial charge < -0.3 is 4.74 Å². The van der Waals surface area contributed by atoms with Crippen molar-refractivity contribution in [1.82, 2.24) is 0 Å². The Kier molecular flexibility index (Phi) is 9.08. The highest BCUT2D eigenvalue weighted by Gasteiger charge is 2.45. The van der Waals surface area contributed by atoms with Crippen molar-refractivity contribution >= 4 is 63.7 Å². The highest BCUT2D eigenvalue weighted by atomic mass is 80.0. The number of halogens is 4. The van der Waals surface area contributed by atoms with Gasteiger partial charge in [0, 0.05) is 6.61 Å². The molecule has 0 aliphatic heterocycles. The zero-order valence-electron chi connectivity index (χ0n) is 9.16. The van der Waals surface area contributed by atoms with Crippen LogP contribution < -0.4 is 0 Å². The zero-order chi connectivity index (χ0) is 11.9. The molecule has 1 unspecified atom stereocenters. The standard InChI is InChI=1S/C10H18Br4O/c1-3-5-6-7-8-9(11,15-4-2)10(12,13)14/h3-8H2,1-2H3. The molecule has 0 fully saturated rings. The molecule has 0 N–H and O–H groups in total. The molecular weight excluding hydrogens is 456 g/mol. The molecule has 0 radical (unpaired) electrons. The molecule has 0 spiro atoms. The van der Waals surface area contributed by atoms with Crippen molar-refractivity contribution in [3.05, 3.63) is 0 Å². The van der Waals surface area contributed by atoms with Gasteiger partial charge in [-0.1, -0.05) is 89.9 Å². The van der Waals surface area contributed by atoms with Crippen LogP contribution in [0.4, 0.5) is 0 Å². The summed E-state index contributed by atoms with van der Waals surface area (Å²) in [5.41, 5.74) is 0. The maximum absolute atomic E-state index is 5.75. The summed E-state index contributed by atoms with van der Waals surface area (Å²) >= 11 is 14.3. The first-order valence-corrected chi connectivity index (χ1v) is 8.44. The third kappa shape index (κ3) is 6.39. The second-order valence-corrected chi connectivity index (χ2v) is 11.5. The number of alkyl halides is 4. The van der Waals surface area contributed by atoms with E-state index in [2.05, 4.69) is 70.6 Å². The Balaban J connectivity index is 4.14. The maximum atomic E-state index is 5.75. The molecule has 0 bridgehead atoms. The Labute approximate surface area is 127 Å². The van der Waals surface area contributed by atoms with Gasteiger partial charge >= 0.3 is 0 Å². The van der Waals surface area contributed by atoms with Gasteiger partial charge in [0.15, 0.2) is 6.65 Å². The fourth-order valence-corrected chi connectivity index (χ4v) is 2.75. The van der Waals surface area contributed by atoms with Crippen LogP contribution in [0.3, 0.4) is 0 Å². The number of unbranched alkanes of at least 4 members (excludes halogenated alkanes) is 3. The molecule has 5 heteroatoms. The van der Waals surface area contributed by atoms with Crippen molar-refractivity contribution < 1.29 is 4.74 Å². The van der Waals surface area contributed by atoms with E-state index in [4.69, 9.17) is 4.74 Å². The SMILES string of the molecule is CCCCCCC(Br)(OCC)C(Br)(Br)Br. The molecule has 15 heavy (non-hydrogen) atoms. The van der Waals surface area contributed by atoms with E-state index >= 15 is 0 Å². The normalized spacial score (nSPS) is 16.4. The fraction of sp³-hybridized carbons (Fsp3) is 1.00. The van der Waals surface area contributed by atoms with Gasteiger partial charge in [-0.15, -0.1) is 0 Å². The summed E-state index contributed by atoms with van der Waals surface area (Å²) in [5.74, 6) is 0. The molecule has 0 rings (SSSR count). The number of rotatable bonds is 7. The molecule has 0 saturated heterocycles. The third-order valence-electron chi connectivity index (χ3n) is 2.15. The predicted octanol–water partition coefficient (Wildman–Crippen LogP) is 5.92. The average Bonchev–Trinajstić information content (AvgIpc) is 2.11. The summed E-state index contributed by atoms with van der Waals surface area (Å²) in [6.07, 6.45) is 5.91. The van der Waals surface area contributed by atoms with E-state index < -0.39 is 6.65 Å². The summed E-state index contributed by atoms with van der Waals surface area (Å²) in [5, 5.41) is 0. The molecule has 1 nitrogen and oxygen atoms in total.